The van der Waals surface area contributed by atoms with Crippen molar-refractivity contribution < 1.29 is 0 Å². The van der Waals surface area contributed by atoms with E-state index in [1.807, 2.05) is 12.1 Å². The van der Waals surface area contributed by atoms with Crippen LogP contribution in [0.25, 0.3) is 10.9 Å². The van der Waals surface area contributed by atoms with Crippen molar-refractivity contribution in [2.75, 3.05) is 12.3 Å². The third-order valence-corrected chi connectivity index (χ3v) is 3.88. The smallest absolute Gasteiger partial charge is 0.278 e. The standard InChI is InChI=1S/C12H16N4OS/c1-9(6-13)7-18-8-16-12(17)10-4-2-3-5-11(10)14-15-16/h2-5,9H,6-8,13H2,1H3. The minimum Gasteiger partial charge on any atom is -0.330 e. The molecule has 18 heavy (non-hydrogen) atoms. The lowest BCUT2D eigenvalue weighted by Crippen LogP contribution is -2.24. The highest BCUT2D eigenvalue weighted by molar-refractivity contribution is 7.98. The van der Waals surface area contributed by atoms with Crippen LogP contribution in [0.2, 0.25) is 0 Å². The van der Waals surface area contributed by atoms with Gasteiger partial charge in [0.1, 0.15) is 5.52 Å². The highest BCUT2D eigenvalue weighted by Gasteiger charge is 2.05. The maximum absolute atomic E-state index is 12.1. The molecule has 0 radical (unpaired) electrons. The molecule has 0 spiro atoms. The summed E-state index contributed by atoms with van der Waals surface area (Å²) in [5, 5.41) is 8.58. The quantitative estimate of drug-likeness (QED) is 0.874. The van der Waals surface area contributed by atoms with Gasteiger partial charge in [0.05, 0.1) is 11.3 Å². The Morgan fingerprint density at radius 1 is 1.44 bits per heavy atom. The third kappa shape index (κ3) is 2.88. The second-order valence-electron chi connectivity index (χ2n) is 4.25. The summed E-state index contributed by atoms with van der Waals surface area (Å²) in [7, 11) is 0. The monoisotopic (exact) mass is 264 g/mol. The van der Waals surface area contributed by atoms with Gasteiger partial charge in [0.15, 0.2) is 0 Å². The van der Waals surface area contributed by atoms with E-state index in [2.05, 4.69) is 17.2 Å². The number of nitrogens with two attached hydrogens (primary N) is 1. The first-order valence-electron chi connectivity index (χ1n) is 5.82. The number of benzene rings is 1. The van der Waals surface area contributed by atoms with Gasteiger partial charge in [-0.1, -0.05) is 24.3 Å². The lowest BCUT2D eigenvalue weighted by atomic mass is 10.2. The van der Waals surface area contributed by atoms with Crippen molar-refractivity contribution in [2.24, 2.45) is 11.7 Å². The van der Waals surface area contributed by atoms with Crippen molar-refractivity contribution in [2.45, 2.75) is 12.8 Å². The van der Waals surface area contributed by atoms with Crippen LogP contribution in [0.3, 0.4) is 0 Å². The molecule has 0 aliphatic carbocycles. The number of rotatable bonds is 5. The maximum atomic E-state index is 12.1. The molecule has 2 N–H and O–H groups in total. The number of thioether (sulfide) groups is 1. The van der Waals surface area contributed by atoms with E-state index in [4.69, 9.17) is 5.73 Å². The molecule has 0 saturated heterocycles. The molecule has 1 atom stereocenters. The van der Waals surface area contributed by atoms with Crippen molar-refractivity contribution in [3.63, 3.8) is 0 Å². The summed E-state index contributed by atoms with van der Waals surface area (Å²) in [6, 6.07) is 7.24. The molecule has 1 aromatic heterocycles. The normalized spacial score (nSPS) is 12.8. The van der Waals surface area contributed by atoms with Crippen LogP contribution in [0.1, 0.15) is 6.92 Å². The molecule has 0 bridgehead atoms. The molecule has 0 amide bonds. The zero-order valence-corrected chi connectivity index (χ0v) is 11.1. The van der Waals surface area contributed by atoms with Crippen LogP contribution >= 0.6 is 11.8 Å². The Morgan fingerprint density at radius 2 is 2.22 bits per heavy atom. The minimum absolute atomic E-state index is 0.0894. The minimum atomic E-state index is -0.0894. The Balaban J connectivity index is 2.14. The fourth-order valence-corrected chi connectivity index (χ4v) is 2.50. The summed E-state index contributed by atoms with van der Waals surface area (Å²) in [5.41, 5.74) is 6.09. The van der Waals surface area contributed by atoms with E-state index in [9.17, 15) is 4.79 Å². The molecule has 0 fully saturated rings. The van der Waals surface area contributed by atoms with Gasteiger partial charge in [-0.25, -0.2) is 4.68 Å². The first-order valence-corrected chi connectivity index (χ1v) is 6.98. The Labute approximate surface area is 109 Å². The maximum Gasteiger partial charge on any atom is 0.278 e. The number of fused-ring (bicyclic) bond motifs is 1. The molecule has 2 rings (SSSR count). The topological polar surface area (TPSA) is 73.8 Å². The van der Waals surface area contributed by atoms with Crippen LogP contribution in [0.5, 0.6) is 0 Å². The molecule has 0 aliphatic heterocycles. The van der Waals surface area contributed by atoms with E-state index in [0.29, 0.717) is 29.2 Å². The summed E-state index contributed by atoms with van der Waals surface area (Å²) < 4.78 is 1.40. The molecule has 2 aromatic rings. The fourth-order valence-electron chi connectivity index (χ4n) is 1.52. The van der Waals surface area contributed by atoms with Crippen LogP contribution in [0.4, 0.5) is 0 Å². The number of nitrogens with zero attached hydrogens (tertiary/aromatic N) is 3. The molecule has 5 nitrogen and oxygen atoms in total. The average Bonchev–Trinajstić information content (AvgIpc) is 2.41. The van der Waals surface area contributed by atoms with Crippen molar-refractivity contribution in [1.29, 1.82) is 0 Å². The van der Waals surface area contributed by atoms with E-state index in [1.165, 1.54) is 4.68 Å². The highest BCUT2D eigenvalue weighted by atomic mass is 32.2. The summed E-state index contributed by atoms with van der Waals surface area (Å²) in [6.07, 6.45) is 0. The second kappa shape index (κ2) is 5.97. The van der Waals surface area contributed by atoms with Gasteiger partial charge in [0.2, 0.25) is 0 Å². The number of aromatic nitrogens is 3. The zero-order chi connectivity index (χ0) is 13.0. The largest absolute Gasteiger partial charge is 0.330 e. The van der Waals surface area contributed by atoms with Crippen molar-refractivity contribution >= 4 is 22.7 Å². The van der Waals surface area contributed by atoms with E-state index >= 15 is 0 Å². The van der Waals surface area contributed by atoms with Crippen molar-refractivity contribution in [3.05, 3.63) is 34.6 Å². The Bertz CT molecular complexity index is 584. The van der Waals surface area contributed by atoms with Gasteiger partial charge >= 0.3 is 0 Å². The van der Waals surface area contributed by atoms with Gasteiger partial charge in [-0.05, 0) is 30.3 Å². The summed E-state index contributed by atoms with van der Waals surface area (Å²) in [6.45, 7) is 2.74. The molecule has 0 saturated carbocycles. The van der Waals surface area contributed by atoms with Gasteiger partial charge in [0.25, 0.3) is 5.56 Å². The zero-order valence-electron chi connectivity index (χ0n) is 10.2. The fraction of sp³-hybridized carbons (Fsp3) is 0.417. The van der Waals surface area contributed by atoms with Gasteiger partial charge in [-0.2, -0.15) is 0 Å². The Hall–Kier alpha value is -1.40. The molecular weight excluding hydrogens is 248 g/mol. The number of hydrogen-bond acceptors (Lipinski definition) is 5. The highest BCUT2D eigenvalue weighted by Crippen LogP contribution is 2.09. The van der Waals surface area contributed by atoms with Crippen LogP contribution in [0.15, 0.2) is 29.1 Å². The first-order chi connectivity index (χ1) is 8.72. The van der Waals surface area contributed by atoms with Crippen LogP contribution in [0, 0.1) is 5.92 Å². The second-order valence-corrected chi connectivity index (χ2v) is 5.25. The van der Waals surface area contributed by atoms with E-state index in [1.54, 1.807) is 23.9 Å². The van der Waals surface area contributed by atoms with Crippen LogP contribution in [-0.2, 0) is 5.88 Å². The Morgan fingerprint density at radius 3 is 3.00 bits per heavy atom. The van der Waals surface area contributed by atoms with Gasteiger partial charge < -0.3 is 5.73 Å². The summed E-state index contributed by atoms with van der Waals surface area (Å²) >= 11 is 1.64. The molecule has 1 heterocycles. The molecular formula is C12H16N4OS. The summed E-state index contributed by atoms with van der Waals surface area (Å²) in [5.74, 6) is 1.87. The lowest BCUT2D eigenvalue weighted by Gasteiger charge is -2.08. The van der Waals surface area contributed by atoms with Gasteiger partial charge in [0, 0.05) is 0 Å². The van der Waals surface area contributed by atoms with Crippen LogP contribution in [-0.4, -0.2) is 27.3 Å². The van der Waals surface area contributed by atoms with Gasteiger partial charge in [-0.3, -0.25) is 4.79 Å². The predicted octanol–water partition coefficient (Wildman–Crippen LogP) is 1.08. The summed E-state index contributed by atoms with van der Waals surface area (Å²) in [4.78, 5) is 12.1. The van der Waals surface area contributed by atoms with E-state index in [-0.39, 0.29) is 5.56 Å². The lowest BCUT2D eigenvalue weighted by molar-refractivity contribution is 0.637. The number of hydrogen-bond donors (Lipinski definition) is 1. The molecule has 6 heteroatoms. The molecule has 1 aromatic carbocycles. The SMILES string of the molecule is CC(CN)CSCn1nnc2ccccc2c1=O. The molecule has 1 unspecified atom stereocenters. The van der Waals surface area contributed by atoms with Crippen LogP contribution < -0.4 is 11.3 Å². The predicted molar refractivity (Wildman–Crippen MR) is 74.5 cm³/mol. The Kier molecular flexibility index (Phi) is 4.33. The van der Waals surface area contributed by atoms with Gasteiger partial charge in [-0.15, -0.1) is 16.9 Å². The first kappa shape index (κ1) is 13.0. The molecule has 0 aliphatic rings. The van der Waals surface area contributed by atoms with E-state index in [0.717, 1.165) is 5.75 Å². The van der Waals surface area contributed by atoms with Crippen molar-refractivity contribution in [1.82, 2.24) is 15.0 Å². The average molecular weight is 264 g/mol. The molecule has 96 valence electrons. The third-order valence-electron chi connectivity index (χ3n) is 2.65. The van der Waals surface area contributed by atoms with Crippen molar-refractivity contribution in [3.8, 4) is 0 Å². The van der Waals surface area contributed by atoms with E-state index < -0.39 is 0 Å².